The average molecular weight is 657 g/mol. The molecule has 0 radical (unpaired) electrons. The number of nitrogens with zero attached hydrogens (tertiary/aromatic N) is 1. The maximum Gasteiger partial charge on any atom is 0.326 e. The van der Waals surface area contributed by atoms with E-state index in [1.807, 2.05) is 72.8 Å². The van der Waals surface area contributed by atoms with Crippen molar-refractivity contribution in [2.24, 2.45) is 0 Å². The third-order valence-electron chi connectivity index (χ3n) is 8.14. The minimum Gasteiger partial charge on any atom is -0.480 e. The number of hydrogen-bond donors (Lipinski definition) is 3. The molecule has 1 aliphatic heterocycles. The highest BCUT2D eigenvalue weighted by molar-refractivity contribution is 6.31. The van der Waals surface area contributed by atoms with Crippen molar-refractivity contribution < 1.29 is 24.2 Å². The second kappa shape index (κ2) is 13.8. The SMILES string of the molecule is O=C(CC[C@@H]1O[C@@H](c2ccccc2Cl)c2cc(Cl)ccc2N(Cc2ccccc2)C1=O)N[C@H](Cc1c[nH]c2ccccc12)C(=O)O. The number of anilines is 1. The summed E-state index contributed by atoms with van der Waals surface area (Å²) in [5, 5.41) is 14.4. The molecule has 3 atom stereocenters. The van der Waals surface area contributed by atoms with Crippen LogP contribution >= 0.6 is 23.2 Å². The molecule has 1 aliphatic rings. The largest absolute Gasteiger partial charge is 0.480 e. The highest BCUT2D eigenvalue weighted by Crippen LogP contribution is 2.42. The molecule has 0 spiro atoms. The number of hydrogen-bond acceptors (Lipinski definition) is 4. The van der Waals surface area contributed by atoms with Crippen molar-refractivity contribution in [1.82, 2.24) is 10.3 Å². The number of halogens is 2. The van der Waals surface area contributed by atoms with Crippen molar-refractivity contribution in [1.29, 1.82) is 0 Å². The molecule has 0 bridgehead atoms. The Kier molecular flexibility index (Phi) is 9.40. The number of H-pyrrole nitrogens is 1. The van der Waals surface area contributed by atoms with Crippen LogP contribution in [0.2, 0.25) is 10.0 Å². The Bertz CT molecular complexity index is 1890. The first kappa shape index (κ1) is 31.4. The van der Waals surface area contributed by atoms with Gasteiger partial charge in [0.1, 0.15) is 18.2 Å². The van der Waals surface area contributed by atoms with E-state index in [0.29, 0.717) is 26.9 Å². The minimum atomic E-state index is -1.16. The lowest BCUT2D eigenvalue weighted by Gasteiger charge is -2.25. The number of fused-ring (bicyclic) bond motifs is 2. The molecule has 10 heteroatoms. The quantitative estimate of drug-likeness (QED) is 0.149. The number of carbonyl (C=O) groups excluding carboxylic acids is 2. The lowest BCUT2D eigenvalue weighted by atomic mass is 9.99. The van der Waals surface area contributed by atoms with Crippen LogP contribution in [0.15, 0.2) is 103 Å². The first-order chi connectivity index (χ1) is 22.3. The Morgan fingerprint density at radius 1 is 0.935 bits per heavy atom. The molecule has 4 aromatic carbocycles. The summed E-state index contributed by atoms with van der Waals surface area (Å²) in [7, 11) is 0. The highest BCUT2D eigenvalue weighted by atomic mass is 35.5. The fraction of sp³-hybridized carbons (Fsp3) is 0.194. The second-order valence-corrected chi connectivity index (χ2v) is 12.0. The van der Waals surface area contributed by atoms with Gasteiger partial charge in [0.25, 0.3) is 5.91 Å². The van der Waals surface area contributed by atoms with Crippen molar-refractivity contribution in [2.45, 2.75) is 44.1 Å². The monoisotopic (exact) mass is 655 g/mol. The second-order valence-electron chi connectivity index (χ2n) is 11.2. The number of carboxylic acid groups (broad SMARTS) is 1. The van der Waals surface area contributed by atoms with E-state index in [-0.39, 0.29) is 31.7 Å². The molecule has 2 amide bonds. The molecule has 0 aliphatic carbocycles. The molecule has 0 saturated carbocycles. The number of nitrogens with one attached hydrogen (secondary N) is 2. The summed E-state index contributed by atoms with van der Waals surface area (Å²) >= 11 is 13.1. The van der Waals surface area contributed by atoms with Crippen LogP contribution in [0.3, 0.4) is 0 Å². The van der Waals surface area contributed by atoms with Crippen LogP contribution in [0.5, 0.6) is 0 Å². The Morgan fingerprint density at radius 3 is 2.46 bits per heavy atom. The number of aromatic amines is 1. The van der Waals surface area contributed by atoms with Gasteiger partial charge >= 0.3 is 5.97 Å². The maximum absolute atomic E-state index is 14.2. The number of benzene rings is 4. The Hall–Kier alpha value is -4.63. The Morgan fingerprint density at radius 2 is 1.67 bits per heavy atom. The van der Waals surface area contributed by atoms with Gasteiger partial charge in [0.05, 0.1) is 12.2 Å². The standard InChI is InChI=1S/C36H31Cl2N3O5/c37-24-14-15-31-27(19-24)34(26-11-4-6-12-28(26)38)46-32(35(43)41(31)21-22-8-2-1-3-9-22)16-17-33(42)40-30(36(44)45)18-23-20-39-29-13-7-5-10-25(23)29/h1-15,19-20,30,32,34,39H,16-18,21H2,(H,40,42)(H,44,45)/t30-,32+,34+/m1/s1. The van der Waals surface area contributed by atoms with Crippen LogP contribution in [0, 0.1) is 0 Å². The van der Waals surface area contributed by atoms with Crippen LogP contribution in [-0.4, -0.2) is 40.0 Å². The molecule has 234 valence electrons. The molecule has 1 aromatic heterocycles. The third kappa shape index (κ3) is 6.79. The van der Waals surface area contributed by atoms with E-state index in [9.17, 15) is 19.5 Å². The van der Waals surface area contributed by atoms with Gasteiger partial charge in [0.15, 0.2) is 0 Å². The molecule has 0 saturated heterocycles. The highest BCUT2D eigenvalue weighted by Gasteiger charge is 2.37. The molecule has 0 fully saturated rings. The molecule has 3 N–H and O–H groups in total. The molecular weight excluding hydrogens is 625 g/mol. The normalized spacial score (nSPS) is 16.9. The Labute approximate surface area is 275 Å². The minimum absolute atomic E-state index is 0.0120. The zero-order valence-electron chi connectivity index (χ0n) is 24.7. The van der Waals surface area contributed by atoms with Gasteiger partial charge in [-0.25, -0.2) is 4.79 Å². The zero-order chi connectivity index (χ0) is 32.2. The van der Waals surface area contributed by atoms with Crippen LogP contribution in [0.4, 0.5) is 5.69 Å². The van der Waals surface area contributed by atoms with Gasteiger partial charge in [-0.15, -0.1) is 0 Å². The van der Waals surface area contributed by atoms with Crippen molar-refractivity contribution in [3.63, 3.8) is 0 Å². The molecule has 46 heavy (non-hydrogen) atoms. The van der Waals surface area contributed by atoms with E-state index in [0.717, 1.165) is 22.0 Å². The topological polar surface area (TPSA) is 112 Å². The van der Waals surface area contributed by atoms with Gasteiger partial charge in [0.2, 0.25) is 5.91 Å². The molecule has 8 nitrogen and oxygen atoms in total. The predicted octanol–water partition coefficient (Wildman–Crippen LogP) is 7.09. The van der Waals surface area contributed by atoms with Gasteiger partial charge in [0, 0.05) is 51.1 Å². The summed E-state index contributed by atoms with van der Waals surface area (Å²) in [6, 6.07) is 28.5. The first-order valence-electron chi connectivity index (χ1n) is 14.9. The molecule has 5 aromatic rings. The van der Waals surface area contributed by atoms with Crippen LogP contribution in [0.1, 0.15) is 41.2 Å². The van der Waals surface area contributed by atoms with E-state index in [1.54, 1.807) is 35.4 Å². The third-order valence-corrected chi connectivity index (χ3v) is 8.72. The van der Waals surface area contributed by atoms with Gasteiger partial charge < -0.3 is 25.0 Å². The summed E-state index contributed by atoms with van der Waals surface area (Å²) in [5.41, 5.74) is 4.52. The molecular formula is C36H31Cl2N3O5. The first-order valence-corrected chi connectivity index (χ1v) is 15.7. The van der Waals surface area contributed by atoms with Crippen LogP contribution in [-0.2, 0) is 32.1 Å². The number of aromatic nitrogens is 1. The average Bonchev–Trinajstić information content (AvgIpc) is 3.42. The zero-order valence-corrected chi connectivity index (χ0v) is 26.2. The van der Waals surface area contributed by atoms with Crippen LogP contribution in [0.25, 0.3) is 10.9 Å². The van der Waals surface area contributed by atoms with E-state index >= 15 is 0 Å². The summed E-state index contributed by atoms with van der Waals surface area (Å²) in [5.74, 6) is -1.98. The summed E-state index contributed by atoms with van der Waals surface area (Å²) in [6.45, 7) is 0.265. The molecule has 6 rings (SSSR count). The molecule has 2 heterocycles. The summed E-state index contributed by atoms with van der Waals surface area (Å²) in [6.07, 6.45) is -0.0743. The van der Waals surface area contributed by atoms with Crippen molar-refractivity contribution in [3.8, 4) is 0 Å². The number of carbonyl (C=O) groups is 3. The van der Waals surface area contributed by atoms with E-state index in [4.69, 9.17) is 27.9 Å². The predicted molar refractivity (Wildman–Crippen MR) is 178 cm³/mol. The number of ether oxygens (including phenoxy) is 1. The number of rotatable bonds is 10. The number of aliphatic carboxylic acids is 1. The lowest BCUT2D eigenvalue weighted by Crippen LogP contribution is -2.43. The van der Waals surface area contributed by atoms with Gasteiger partial charge in [-0.05, 0) is 47.9 Å². The van der Waals surface area contributed by atoms with E-state index in [1.165, 1.54) is 0 Å². The fourth-order valence-electron chi connectivity index (χ4n) is 5.87. The number of amides is 2. The van der Waals surface area contributed by atoms with Gasteiger partial charge in [-0.3, -0.25) is 9.59 Å². The van der Waals surface area contributed by atoms with E-state index < -0.39 is 30.1 Å². The molecule has 0 unspecified atom stereocenters. The smallest absolute Gasteiger partial charge is 0.326 e. The summed E-state index contributed by atoms with van der Waals surface area (Å²) in [4.78, 5) is 44.4. The number of para-hydroxylation sites is 1. The van der Waals surface area contributed by atoms with Gasteiger partial charge in [-0.1, -0.05) is 89.9 Å². The Balaban J connectivity index is 1.27. The summed E-state index contributed by atoms with van der Waals surface area (Å²) < 4.78 is 6.54. The van der Waals surface area contributed by atoms with Crippen LogP contribution < -0.4 is 10.2 Å². The van der Waals surface area contributed by atoms with Crippen molar-refractivity contribution >= 4 is 57.6 Å². The van der Waals surface area contributed by atoms with Gasteiger partial charge in [-0.2, -0.15) is 0 Å². The number of carboxylic acids is 1. The fourth-order valence-corrected chi connectivity index (χ4v) is 6.28. The lowest BCUT2D eigenvalue weighted by molar-refractivity contribution is -0.142. The maximum atomic E-state index is 14.2. The van der Waals surface area contributed by atoms with Crippen molar-refractivity contribution in [3.05, 3.63) is 136 Å². The van der Waals surface area contributed by atoms with Crippen molar-refractivity contribution in [2.75, 3.05) is 4.90 Å². The van der Waals surface area contributed by atoms with E-state index in [2.05, 4.69) is 10.3 Å².